The van der Waals surface area contributed by atoms with Crippen molar-refractivity contribution in [3.8, 4) is 0 Å². The Morgan fingerprint density at radius 2 is 1.46 bits per heavy atom. The molecule has 3 amide bonds. The monoisotopic (exact) mass is 400 g/mol. The summed E-state index contributed by atoms with van der Waals surface area (Å²) in [5.41, 5.74) is -1.52. The number of ether oxygens (including phenoxy) is 2. The first kappa shape index (κ1) is 23.4. The molecule has 10 heteroatoms. The van der Waals surface area contributed by atoms with Crippen molar-refractivity contribution in [2.45, 2.75) is 84.5 Å². The fourth-order valence-corrected chi connectivity index (χ4v) is 2.16. The van der Waals surface area contributed by atoms with E-state index in [9.17, 15) is 24.0 Å². The van der Waals surface area contributed by atoms with Gasteiger partial charge < -0.3 is 19.6 Å². The Hall–Kier alpha value is -2.65. The number of hydrogen-bond donors (Lipinski definition) is 1. The molecule has 10 nitrogen and oxygen atoms in total. The van der Waals surface area contributed by atoms with Crippen LogP contribution >= 0.6 is 0 Å². The van der Waals surface area contributed by atoms with E-state index in [1.807, 2.05) is 0 Å². The molecule has 1 aliphatic rings. The Kier molecular flexibility index (Phi) is 7.54. The van der Waals surface area contributed by atoms with Crippen LogP contribution in [0.25, 0.3) is 0 Å². The van der Waals surface area contributed by atoms with E-state index in [2.05, 4.69) is 5.32 Å². The SMILES string of the molecule is CC(C)(C)OC(=O)CC[C@@H](NC(=O)OC(C)(C)C)C(=O)ON1C(=O)CCC1=O. The molecular formula is C18H28N2O8. The minimum atomic E-state index is -1.32. The van der Waals surface area contributed by atoms with E-state index in [0.717, 1.165) is 0 Å². The molecule has 1 atom stereocenters. The minimum Gasteiger partial charge on any atom is -0.460 e. The van der Waals surface area contributed by atoms with E-state index in [1.165, 1.54) is 0 Å². The van der Waals surface area contributed by atoms with Gasteiger partial charge >= 0.3 is 18.0 Å². The van der Waals surface area contributed by atoms with Gasteiger partial charge in [0, 0.05) is 19.3 Å². The summed E-state index contributed by atoms with van der Waals surface area (Å²) in [7, 11) is 0. The number of nitrogens with zero attached hydrogens (tertiary/aromatic N) is 1. The lowest BCUT2D eigenvalue weighted by molar-refractivity contribution is -0.199. The van der Waals surface area contributed by atoms with Crippen LogP contribution in [0.2, 0.25) is 0 Å². The summed E-state index contributed by atoms with van der Waals surface area (Å²) < 4.78 is 10.3. The number of carbonyl (C=O) groups is 5. The summed E-state index contributed by atoms with van der Waals surface area (Å²) in [6.45, 7) is 10.0. The summed E-state index contributed by atoms with van der Waals surface area (Å²) in [4.78, 5) is 64.4. The second-order valence-corrected chi connectivity index (χ2v) is 8.32. The zero-order valence-electron chi connectivity index (χ0n) is 17.1. The Morgan fingerprint density at radius 3 is 1.93 bits per heavy atom. The summed E-state index contributed by atoms with van der Waals surface area (Å²) in [6, 6.07) is -1.32. The molecule has 0 spiro atoms. The molecule has 0 aromatic carbocycles. The molecule has 158 valence electrons. The Morgan fingerprint density at radius 1 is 0.964 bits per heavy atom. The topological polar surface area (TPSA) is 128 Å². The van der Waals surface area contributed by atoms with E-state index >= 15 is 0 Å². The standard InChI is InChI=1S/C18H28N2O8/c1-17(2,3)26-14(23)10-7-11(19-16(25)27-18(4,5)6)15(24)28-20-12(21)8-9-13(20)22/h11H,7-10H2,1-6H3,(H,19,25)/t11-/m1/s1. The fraction of sp³-hybridized carbons (Fsp3) is 0.722. The first-order chi connectivity index (χ1) is 12.7. The molecule has 1 N–H and O–H groups in total. The maximum Gasteiger partial charge on any atom is 0.408 e. The van der Waals surface area contributed by atoms with Crippen LogP contribution in [0.3, 0.4) is 0 Å². The van der Waals surface area contributed by atoms with Crippen molar-refractivity contribution < 1.29 is 38.3 Å². The third kappa shape index (κ3) is 8.36. The molecule has 0 unspecified atom stereocenters. The highest BCUT2D eigenvalue weighted by atomic mass is 16.7. The zero-order valence-corrected chi connectivity index (χ0v) is 17.1. The van der Waals surface area contributed by atoms with Crippen molar-refractivity contribution in [1.82, 2.24) is 10.4 Å². The maximum absolute atomic E-state index is 12.4. The molecule has 28 heavy (non-hydrogen) atoms. The van der Waals surface area contributed by atoms with Gasteiger partial charge in [-0.25, -0.2) is 9.59 Å². The van der Waals surface area contributed by atoms with Gasteiger partial charge in [-0.1, -0.05) is 0 Å². The summed E-state index contributed by atoms with van der Waals surface area (Å²) in [5, 5.41) is 2.68. The first-order valence-corrected chi connectivity index (χ1v) is 8.97. The summed E-state index contributed by atoms with van der Waals surface area (Å²) in [6.07, 6.45) is -1.39. The molecule has 0 radical (unpaired) electrons. The average Bonchev–Trinajstić information content (AvgIpc) is 2.79. The van der Waals surface area contributed by atoms with Crippen LogP contribution < -0.4 is 5.32 Å². The maximum atomic E-state index is 12.4. The highest BCUT2D eigenvalue weighted by Gasteiger charge is 2.36. The van der Waals surface area contributed by atoms with Gasteiger partial charge in [-0.05, 0) is 48.0 Å². The number of carbonyl (C=O) groups excluding carboxylic acids is 5. The van der Waals surface area contributed by atoms with Crippen LogP contribution in [-0.4, -0.2) is 52.2 Å². The lowest BCUT2D eigenvalue weighted by atomic mass is 10.1. The van der Waals surface area contributed by atoms with Gasteiger partial charge in [0.1, 0.15) is 17.2 Å². The van der Waals surface area contributed by atoms with Crippen LogP contribution in [-0.2, 0) is 33.5 Å². The largest absolute Gasteiger partial charge is 0.460 e. The van der Waals surface area contributed by atoms with Gasteiger partial charge in [-0.3, -0.25) is 14.4 Å². The van der Waals surface area contributed by atoms with E-state index in [-0.39, 0.29) is 25.7 Å². The van der Waals surface area contributed by atoms with E-state index in [4.69, 9.17) is 14.3 Å². The molecule has 0 saturated carbocycles. The van der Waals surface area contributed by atoms with Crippen LogP contribution in [0.4, 0.5) is 4.79 Å². The minimum absolute atomic E-state index is 0.0613. The highest BCUT2D eigenvalue weighted by Crippen LogP contribution is 2.15. The van der Waals surface area contributed by atoms with Gasteiger partial charge in [0.25, 0.3) is 11.8 Å². The van der Waals surface area contributed by atoms with Crippen LogP contribution in [0.5, 0.6) is 0 Å². The second-order valence-electron chi connectivity index (χ2n) is 8.32. The number of hydrogen-bond acceptors (Lipinski definition) is 8. The third-order valence-electron chi connectivity index (χ3n) is 3.22. The Balaban J connectivity index is 2.79. The number of alkyl carbamates (subject to hydrolysis) is 1. The number of imide groups is 1. The van der Waals surface area contributed by atoms with Crippen LogP contribution in [0.15, 0.2) is 0 Å². The fourth-order valence-electron chi connectivity index (χ4n) is 2.16. The lowest BCUT2D eigenvalue weighted by Crippen LogP contribution is -2.47. The van der Waals surface area contributed by atoms with Crippen LogP contribution in [0, 0.1) is 0 Å². The van der Waals surface area contributed by atoms with Gasteiger partial charge in [0.05, 0.1) is 0 Å². The Labute approximate surface area is 163 Å². The summed E-state index contributed by atoms with van der Waals surface area (Å²) >= 11 is 0. The Bertz CT molecular complexity index is 629. The number of amides is 3. The van der Waals surface area contributed by atoms with Gasteiger partial charge in [0.2, 0.25) is 0 Å². The van der Waals surface area contributed by atoms with Gasteiger partial charge in [-0.2, -0.15) is 0 Å². The van der Waals surface area contributed by atoms with Crippen molar-refractivity contribution >= 4 is 29.8 Å². The number of hydroxylamine groups is 2. The predicted molar refractivity (Wildman–Crippen MR) is 95.4 cm³/mol. The van der Waals surface area contributed by atoms with Gasteiger partial charge in [0.15, 0.2) is 0 Å². The molecule has 0 aromatic rings. The van der Waals surface area contributed by atoms with Crippen LogP contribution in [0.1, 0.15) is 67.2 Å². The molecule has 0 aromatic heterocycles. The number of nitrogens with one attached hydrogen (secondary N) is 1. The van der Waals surface area contributed by atoms with E-state index in [1.54, 1.807) is 41.5 Å². The third-order valence-corrected chi connectivity index (χ3v) is 3.22. The highest BCUT2D eigenvalue weighted by molar-refractivity contribution is 6.01. The van der Waals surface area contributed by atoms with Crippen molar-refractivity contribution in [3.05, 3.63) is 0 Å². The summed E-state index contributed by atoms with van der Waals surface area (Å²) in [5.74, 6) is -2.94. The smallest absolute Gasteiger partial charge is 0.408 e. The zero-order chi connectivity index (χ0) is 21.7. The van der Waals surface area contributed by atoms with Crippen molar-refractivity contribution in [2.75, 3.05) is 0 Å². The molecular weight excluding hydrogens is 372 g/mol. The molecule has 1 saturated heterocycles. The lowest BCUT2D eigenvalue weighted by Gasteiger charge is -2.24. The molecule has 1 aliphatic heterocycles. The quantitative estimate of drug-likeness (QED) is 0.526. The number of esters is 1. The van der Waals surface area contributed by atoms with Crippen molar-refractivity contribution in [1.29, 1.82) is 0 Å². The molecule has 0 aliphatic carbocycles. The molecule has 1 fully saturated rings. The molecule has 0 bridgehead atoms. The van der Waals surface area contributed by atoms with E-state index in [0.29, 0.717) is 5.06 Å². The van der Waals surface area contributed by atoms with Crippen molar-refractivity contribution in [3.63, 3.8) is 0 Å². The van der Waals surface area contributed by atoms with Gasteiger partial charge in [-0.15, -0.1) is 5.06 Å². The molecule has 1 heterocycles. The second kappa shape index (κ2) is 9.03. The normalized spacial score (nSPS) is 15.9. The predicted octanol–water partition coefficient (Wildman–Crippen LogP) is 1.61. The number of rotatable bonds is 6. The van der Waals surface area contributed by atoms with E-state index < -0.39 is 47.1 Å². The molecule has 1 rings (SSSR count). The first-order valence-electron chi connectivity index (χ1n) is 8.97. The average molecular weight is 400 g/mol. The van der Waals surface area contributed by atoms with Crippen molar-refractivity contribution in [2.24, 2.45) is 0 Å².